The van der Waals surface area contributed by atoms with Gasteiger partial charge in [-0.1, -0.05) is 33.6 Å². The van der Waals surface area contributed by atoms with E-state index >= 15 is 0 Å². The van der Waals surface area contributed by atoms with Gasteiger partial charge in [-0.2, -0.15) is 0 Å². The maximum Gasteiger partial charge on any atom is 0.0616 e. The molecule has 2 N–H and O–H groups in total. The first-order valence-corrected chi connectivity index (χ1v) is 8.70. The number of hydrogen-bond donors (Lipinski definition) is 2. The Morgan fingerprint density at radius 2 is 2.15 bits per heavy atom. The molecule has 0 spiro atoms. The molecule has 1 aliphatic heterocycles. The highest BCUT2D eigenvalue weighted by molar-refractivity contribution is 5.00. The number of hydrogen-bond acceptors (Lipinski definition) is 3. The molecule has 0 radical (unpaired) electrons. The molecule has 1 heterocycles. The molecule has 20 heavy (non-hydrogen) atoms. The van der Waals surface area contributed by atoms with Crippen LogP contribution < -0.4 is 5.32 Å². The van der Waals surface area contributed by atoms with Crippen LogP contribution in [0.4, 0.5) is 0 Å². The second kappa shape index (κ2) is 7.24. The summed E-state index contributed by atoms with van der Waals surface area (Å²) in [5.74, 6) is 1.57. The lowest BCUT2D eigenvalue weighted by atomic mass is 9.84. The quantitative estimate of drug-likeness (QED) is 0.753. The topological polar surface area (TPSA) is 35.5 Å². The van der Waals surface area contributed by atoms with Crippen molar-refractivity contribution >= 4 is 0 Å². The number of aliphatic hydroxyl groups excluding tert-OH is 1. The van der Waals surface area contributed by atoms with Crippen molar-refractivity contribution in [3.05, 3.63) is 0 Å². The van der Waals surface area contributed by atoms with E-state index in [0.717, 1.165) is 12.3 Å². The van der Waals surface area contributed by atoms with Crippen molar-refractivity contribution in [2.45, 2.75) is 70.9 Å². The Kier molecular flexibility index (Phi) is 5.88. The lowest BCUT2D eigenvalue weighted by Gasteiger charge is -2.37. The van der Waals surface area contributed by atoms with Gasteiger partial charge in [0.15, 0.2) is 0 Å². The van der Waals surface area contributed by atoms with E-state index in [1.807, 2.05) is 0 Å². The standard InChI is InChI=1S/C17H34N2O/c1-4-15-7-10-19(12-15)11-8-16-6-5-9-17(16,13-20)18-14(2)3/h14-16,18,20H,4-13H2,1-3H3. The molecule has 0 bridgehead atoms. The highest BCUT2D eigenvalue weighted by Gasteiger charge is 2.42. The van der Waals surface area contributed by atoms with Crippen LogP contribution in [-0.2, 0) is 0 Å². The van der Waals surface area contributed by atoms with E-state index in [1.54, 1.807) is 0 Å². The molecule has 3 heteroatoms. The number of aliphatic hydroxyl groups is 1. The predicted molar refractivity (Wildman–Crippen MR) is 84.9 cm³/mol. The van der Waals surface area contributed by atoms with Gasteiger partial charge in [-0.3, -0.25) is 0 Å². The van der Waals surface area contributed by atoms with Gasteiger partial charge in [0.1, 0.15) is 0 Å². The predicted octanol–water partition coefficient (Wildman–Crippen LogP) is 2.64. The van der Waals surface area contributed by atoms with Crippen LogP contribution in [0.25, 0.3) is 0 Å². The molecule has 3 unspecified atom stereocenters. The Bertz CT molecular complexity index is 295. The fourth-order valence-electron chi connectivity index (χ4n) is 4.37. The van der Waals surface area contributed by atoms with Gasteiger partial charge in [-0.15, -0.1) is 0 Å². The van der Waals surface area contributed by atoms with Crippen LogP contribution in [0.15, 0.2) is 0 Å². The van der Waals surface area contributed by atoms with Crippen LogP contribution in [0.5, 0.6) is 0 Å². The summed E-state index contributed by atoms with van der Waals surface area (Å²) in [4.78, 5) is 2.64. The molecular weight excluding hydrogens is 248 g/mol. The molecule has 3 nitrogen and oxygen atoms in total. The van der Waals surface area contributed by atoms with Gasteiger partial charge < -0.3 is 15.3 Å². The fraction of sp³-hybridized carbons (Fsp3) is 1.00. The van der Waals surface area contributed by atoms with E-state index in [-0.39, 0.29) is 5.54 Å². The van der Waals surface area contributed by atoms with Crippen LogP contribution in [0.2, 0.25) is 0 Å². The molecule has 1 saturated carbocycles. The normalized spacial score (nSPS) is 35.2. The molecule has 0 aromatic rings. The van der Waals surface area contributed by atoms with Crippen LogP contribution in [0.1, 0.15) is 59.3 Å². The van der Waals surface area contributed by atoms with Crippen molar-refractivity contribution in [3.63, 3.8) is 0 Å². The molecule has 1 aliphatic carbocycles. The van der Waals surface area contributed by atoms with Crippen LogP contribution in [0, 0.1) is 11.8 Å². The molecule has 0 aromatic heterocycles. The van der Waals surface area contributed by atoms with Gasteiger partial charge in [-0.25, -0.2) is 0 Å². The highest BCUT2D eigenvalue weighted by atomic mass is 16.3. The molecule has 2 rings (SSSR count). The Balaban J connectivity index is 1.84. The first kappa shape index (κ1) is 16.3. The second-order valence-corrected chi connectivity index (χ2v) is 7.35. The summed E-state index contributed by atoms with van der Waals surface area (Å²) in [6.07, 6.45) is 7.65. The monoisotopic (exact) mass is 282 g/mol. The summed E-state index contributed by atoms with van der Waals surface area (Å²) in [5, 5.41) is 13.6. The van der Waals surface area contributed by atoms with Crippen molar-refractivity contribution in [3.8, 4) is 0 Å². The van der Waals surface area contributed by atoms with Gasteiger partial charge in [0.2, 0.25) is 0 Å². The minimum absolute atomic E-state index is 0.00194. The third-order valence-electron chi connectivity index (χ3n) is 5.56. The van der Waals surface area contributed by atoms with Gasteiger partial charge in [0.25, 0.3) is 0 Å². The zero-order valence-electron chi connectivity index (χ0n) is 13.7. The fourth-order valence-corrected chi connectivity index (χ4v) is 4.37. The van der Waals surface area contributed by atoms with Gasteiger partial charge in [0.05, 0.1) is 6.61 Å². The summed E-state index contributed by atoms with van der Waals surface area (Å²) < 4.78 is 0. The Labute approximate surface area is 125 Å². The zero-order chi connectivity index (χ0) is 14.6. The van der Waals surface area contributed by atoms with E-state index in [2.05, 4.69) is 31.0 Å². The molecular formula is C17H34N2O. The maximum absolute atomic E-state index is 9.93. The Morgan fingerprint density at radius 3 is 2.75 bits per heavy atom. The van der Waals surface area contributed by atoms with Gasteiger partial charge in [0, 0.05) is 18.1 Å². The van der Waals surface area contributed by atoms with E-state index in [1.165, 1.54) is 51.7 Å². The molecule has 0 amide bonds. The van der Waals surface area contributed by atoms with Crippen molar-refractivity contribution in [1.29, 1.82) is 0 Å². The van der Waals surface area contributed by atoms with Crippen molar-refractivity contribution < 1.29 is 5.11 Å². The summed E-state index contributed by atoms with van der Waals surface area (Å²) in [6, 6.07) is 0.457. The maximum atomic E-state index is 9.93. The summed E-state index contributed by atoms with van der Waals surface area (Å²) >= 11 is 0. The van der Waals surface area contributed by atoms with E-state index in [4.69, 9.17) is 0 Å². The van der Waals surface area contributed by atoms with Gasteiger partial charge >= 0.3 is 0 Å². The first-order chi connectivity index (χ1) is 9.59. The third kappa shape index (κ3) is 3.75. The van der Waals surface area contributed by atoms with Crippen molar-refractivity contribution in [2.75, 3.05) is 26.2 Å². The molecule has 0 aromatic carbocycles. The van der Waals surface area contributed by atoms with Crippen molar-refractivity contribution in [2.24, 2.45) is 11.8 Å². The number of likely N-dealkylation sites (tertiary alicyclic amines) is 1. The largest absolute Gasteiger partial charge is 0.394 e. The second-order valence-electron chi connectivity index (χ2n) is 7.35. The SMILES string of the molecule is CCC1CCN(CCC2CCCC2(CO)NC(C)C)C1. The summed E-state index contributed by atoms with van der Waals surface area (Å²) in [6.45, 7) is 10.8. The Hall–Kier alpha value is -0.120. The average molecular weight is 282 g/mol. The molecule has 2 fully saturated rings. The highest BCUT2D eigenvalue weighted by Crippen LogP contribution is 2.38. The van der Waals surface area contributed by atoms with Gasteiger partial charge in [-0.05, 0) is 50.6 Å². The first-order valence-electron chi connectivity index (χ1n) is 8.70. The third-order valence-corrected chi connectivity index (χ3v) is 5.56. The molecule has 3 atom stereocenters. The number of nitrogens with one attached hydrogen (secondary N) is 1. The van der Waals surface area contributed by atoms with Crippen LogP contribution in [-0.4, -0.2) is 47.8 Å². The number of rotatable bonds is 7. The van der Waals surface area contributed by atoms with Crippen molar-refractivity contribution in [1.82, 2.24) is 10.2 Å². The van der Waals surface area contributed by atoms with E-state index in [0.29, 0.717) is 18.6 Å². The van der Waals surface area contributed by atoms with E-state index < -0.39 is 0 Å². The van der Waals surface area contributed by atoms with Crippen LogP contribution in [0.3, 0.4) is 0 Å². The molecule has 118 valence electrons. The minimum Gasteiger partial charge on any atom is -0.394 e. The Morgan fingerprint density at radius 1 is 1.35 bits per heavy atom. The number of nitrogens with zero attached hydrogens (tertiary/aromatic N) is 1. The lowest BCUT2D eigenvalue weighted by Crippen LogP contribution is -2.54. The average Bonchev–Trinajstić information content (AvgIpc) is 3.02. The molecule has 1 saturated heterocycles. The summed E-state index contributed by atoms with van der Waals surface area (Å²) in [5.41, 5.74) is -0.00194. The summed E-state index contributed by atoms with van der Waals surface area (Å²) in [7, 11) is 0. The smallest absolute Gasteiger partial charge is 0.0616 e. The van der Waals surface area contributed by atoms with Crippen LogP contribution >= 0.6 is 0 Å². The zero-order valence-corrected chi connectivity index (χ0v) is 13.7. The van der Waals surface area contributed by atoms with E-state index in [9.17, 15) is 5.11 Å². The molecule has 2 aliphatic rings. The lowest BCUT2D eigenvalue weighted by molar-refractivity contribution is 0.105. The minimum atomic E-state index is -0.00194.